The van der Waals surface area contributed by atoms with Crippen molar-refractivity contribution in [2.75, 3.05) is 7.05 Å². The molecule has 0 saturated heterocycles. The van der Waals surface area contributed by atoms with Gasteiger partial charge >= 0.3 is 0 Å². The van der Waals surface area contributed by atoms with Crippen molar-refractivity contribution in [1.82, 2.24) is 10.3 Å². The van der Waals surface area contributed by atoms with Gasteiger partial charge in [-0.3, -0.25) is 0 Å². The Balaban J connectivity index is 2.25. The van der Waals surface area contributed by atoms with Crippen molar-refractivity contribution in [2.24, 2.45) is 0 Å². The second-order valence-electron chi connectivity index (χ2n) is 3.68. The monoisotopic (exact) mass is 266 g/mol. The standard InChI is InChI=1S/C13H12ClFN2O/c1-16-8-9-3-2-6-17-13(9)18-10-4-5-12(15)11(14)7-10/h2-7,16H,8H2,1H3. The summed E-state index contributed by atoms with van der Waals surface area (Å²) in [5.74, 6) is 0.465. The van der Waals surface area contributed by atoms with E-state index in [0.717, 1.165) is 5.56 Å². The summed E-state index contributed by atoms with van der Waals surface area (Å²) < 4.78 is 18.6. The summed E-state index contributed by atoms with van der Waals surface area (Å²) >= 11 is 5.69. The minimum absolute atomic E-state index is 0.0265. The van der Waals surface area contributed by atoms with E-state index in [1.807, 2.05) is 19.2 Å². The van der Waals surface area contributed by atoms with Crippen molar-refractivity contribution in [3.05, 3.63) is 52.9 Å². The lowest BCUT2D eigenvalue weighted by Crippen LogP contribution is -2.07. The normalized spacial score (nSPS) is 10.4. The van der Waals surface area contributed by atoms with E-state index in [0.29, 0.717) is 18.2 Å². The van der Waals surface area contributed by atoms with Crippen LogP contribution in [0.15, 0.2) is 36.5 Å². The van der Waals surface area contributed by atoms with Gasteiger partial charge in [-0.15, -0.1) is 0 Å². The highest BCUT2D eigenvalue weighted by Gasteiger charge is 2.07. The Labute approximate surface area is 110 Å². The van der Waals surface area contributed by atoms with E-state index in [1.165, 1.54) is 18.2 Å². The molecule has 0 aliphatic heterocycles. The Bertz CT molecular complexity index is 548. The number of nitrogens with zero attached hydrogens (tertiary/aromatic N) is 1. The molecule has 0 aliphatic rings. The second-order valence-corrected chi connectivity index (χ2v) is 4.08. The zero-order valence-corrected chi connectivity index (χ0v) is 10.5. The van der Waals surface area contributed by atoms with E-state index in [9.17, 15) is 4.39 Å². The molecule has 3 nitrogen and oxygen atoms in total. The first kappa shape index (κ1) is 12.8. The molecule has 0 unspecified atom stereocenters. The zero-order chi connectivity index (χ0) is 13.0. The van der Waals surface area contributed by atoms with Crippen LogP contribution < -0.4 is 10.1 Å². The number of hydrogen-bond acceptors (Lipinski definition) is 3. The molecular formula is C13H12ClFN2O. The van der Waals surface area contributed by atoms with Crippen molar-refractivity contribution in [2.45, 2.75) is 6.54 Å². The summed E-state index contributed by atoms with van der Waals surface area (Å²) in [6.07, 6.45) is 1.64. The largest absolute Gasteiger partial charge is 0.439 e. The lowest BCUT2D eigenvalue weighted by Gasteiger charge is -2.09. The molecule has 0 spiro atoms. The van der Waals surface area contributed by atoms with E-state index in [1.54, 1.807) is 6.20 Å². The Morgan fingerprint density at radius 2 is 2.22 bits per heavy atom. The summed E-state index contributed by atoms with van der Waals surface area (Å²) in [5.41, 5.74) is 0.917. The average Bonchev–Trinajstić information content (AvgIpc) is 2.37. The van der Waals surface area contributed by atoms with E-state index in [-0.39, 0.29) is 5.02 Å². The van der Waals surface area contributed by atoms with Crippen LogP contribution in [0, 0.1) is 5.82 Å². The lowest BCUT2D eigenvalue weighted by molar-refractivity contribution is 0.453. The smallest absolute Gasteiger partial charge is 0.223 e. The summed E-state index contributed by atoms with van der Waals surface area (Å²) in [6, 6.07) is 7.94. The number of hydrogen-bond donors (Lipinski definition) is 1. The predicted octanol–water partition coefficient (Wildman–Crippen LogP) is 3.39. The van der Waals surface area contributed by atoms with Gasteiger partial charge in [-0.25, -0.2) is 9.37 Å². The van der Waals surface area contributed by atoms with Crippen LogP contribution in [-0.2, 0) is 6.54 Å². The number of rotatable bonds is 4. The number of nitrogens with one attached hydrogen (secondary N) is 1. The van der Waals surface area contributed by atoms with Gasteiger partial charge in [-0.05, 0) is 25.2 Å². The molecule has 0 atom stereocenters. The molecule has 0 saturated carbocycles. The molecule has 5 heteroatoms. The fourth-order valence-corrected chi connectivity index (χ4v) is 1.66. The molecule has 1 aromatic heterocycles. The maximum absolute atomic E-state index is 13.0. The minimum Gasteiger partial charge on any atom is -0.439 e. The molecule has 2 rings (SSSR count). The van der Waals surface area contributed by atoms with Gasteiger partial charge in [-0.2, -0.15) is 0 Å². The third-order valence-corrected chi connectivity index (χ3v) is 2.61. The minimum atomic E-state index is -0.472. The molecule has 0 bridgehead atoms. The van der Waals surface area contributed by atoms with Gasteiger partial charge in [0, 0.05) is 24.4 Å². The van der Waals surface area contributed by atoms with Crippen LogP contribution in [0.2, 0.25) is 5.02 Å². The molecule has 1 heterocycles. The molecule has 94 valence electrons. The zero-order valence-electron chi connectivity index (χ0n) is 9.78. The maximum Gasteiger partial charge on any atom is 0.223 e. The van der Waals surface area contributed by atoms with Gasteiger partial charge in [0.05, 0.1) is 5.02 Å². The Kier molecular flexibility index (Phi) is 4.12. The Hall–Kier alpha value is -1.65. The molecule has 1 aromatic carbocycles. The Morgan fingerprint density at radius 1 is 1.39 bits per heavy atom. The Morgan fingerprint density at radius 3 is 2.94 bits per heavy atom. The molecule has 0 fully saturated rings. The van der Waals surface area contributed by atoms with E-state index < -0.39 is 5.82 Å². The highest BCUT2D eigenvalue weighted by molar-refractivity contribution is 6.30. The fraction of sp³-hybridized carbons (Fsp3) is 0.154. The first-order valence-corrected chi connectivity index (χ1v) is 5.80. The van der Waals surface area contributed by atoms with Gasteiger partial charge in [0.1, 0.15) is 11.6 Å². The van der Waals surface area contributed by atoms with Crippen LogP contribution in [-0.4, -0.2) is 12.0 Å². The maximum atomic E-state index is 13.0. The molecule has 2 aromatic rings. The van der Waals surface area contributed by atoms with Crippen LogP contribution in [0.3, 0.4) is 0 Å². The number of aromatic nitrogens is 1. The van der Waals surface area contributed by atoms with Crippen LogP contribution in [0.1, 0.15) is 5.56 Å². The van der Waals surface area contributed by atoms with E-state index in [4.69, 9.17) is 16.3 Å². The van der Waals surface area contributed by atoms with Gasteiger partial charge in [0.25, 0.3) is 0 Å². The van der Waals surface area contributed by atoms with Crippen molar-refractivity contribution < 1.29 is 9.13 Å². The molecular weight excluding hydrogens is 255 g/mol. The van der Waals surface area contributed by atoms with Crippen molar-refractivity contribution >= 4 is 11.6 Å². The van der Waals surface area contributed by atoms with Gasteiger partial charge in [0.15, 0.2) is 0 Å². The van der Waals surface area contributed by atoms with Gasteiger partial charge in [0.2, 0.25) is 5.88 Å². The summed E-state index contributed by atoms with van der Waals surface area (Å²) in [7, 11) is 1.84. The summed E-state index contributed by atoms with van der Waals surface area (Å²) in [5, 5.41) is 3.05. The average molecular weight is 267 g/mol. The number of benzene rings is 1. The number of halogens is 2. The first-order valence-electron chi connectivity index (χ1n) is 5.42. The van der Waals surface area contributed by atoms with Crippen molar-refractivity contribution in [3.8, 4) is 11.6 Å². The molecule has 0 radical (unpaired) electrons. The van der Waals surface area contributed by atoms with Crippen LogP contribution in [0.4, 0.5) is 4.39 Å². The molecule has 1 N–H and O–H groups in total. The van der Waals surface area contributed by atoms with Crippen molar-refractivity contribution in [1.29, 1.82) is 0 Å². The fourth-order valence-electron chi connectivity index (χ4n) is 1.49. The third kappa shape index (κ3) is 2.97. The second kappa shape index (κ2) is 5.80. The van der Waals surface area contributed by atoms with Gasteiger partial charge < -0.3 is 10.1 Å². The first-order chi connectivity index (χ1) is 8.70. The highest BCUT2D eigenvalue weighted by Crippen LogP contribution is 2.26. The molecule has 18 heavy (non-hydrogen) atoms. The SMILES string of the molecule is CNCc1cccnc1Oc1ccc(F)c(Cl)c1. The summed E-state index contributed by atoms with van der Waals surface area (Å²) in [6.45, 7) is 0.637. The van der Waals surface area contributed by atoms with Crippen LogP contribution in [0.25, 0.3) is 0 Å². The molecule has 0 amide bonds. The quantitative estimate of drug-likeness (QED) is 0.921. The van der Waals surface area contributed by atoms with Crippen LogP contribution >= 0.6 is 11.6 Å². The lowest BCUT2D eigenvalue weighted by atomic mass is 10.2. The summed E-state index contributed by atoms with van der Waals surface area (Å²) in [4.78, 5) is 4.15. The number of pyridine rings is 1. The van der Waals surface area contributed by atoms with E-state index in [2.05, 4.69) is 10.3 Å². The van der Waals surface area contributed by atoms with Gasteiger partial charge in [-0.1, -0.05) is 17.7 Å². The number of ether oxygens (including phenoxy) is 1. The van der Waals surface area contributed by atoms with E-state index >= 15 is 0 Å². The van der Waals surface area contributed by atoms with Crippen LogP contribution in [0.5, 0.6) is 11.6 Å². The van der Waals surface area contributed by atoms with Crippen molar-refractivity contribution in [3.63, 3.8) is 0 Å². The third-order valence-electron chi connectivity index (χ3n) is 2.32. The predicted molar refractivity (Wildman–Crippen MR) is 68.5 cm³/mol. The highest BCUT2D eigenvalue weighted by atomic mass is 35.5. The topological polar surface area (TPSA) is 34.2 Å². The molecule has 0 aliphatic carbocycles.